The van der Waals surface area contributed by atoms with Crippen molar-refractivity contribution in [3.8, 4) is 0 Å². The van der Waals surface area contributed by atoms with E-state index in [2.05, 4.69) is 27.8 Å². The van der Waals surface area contributed by atoms with Crippen LogP contribution in [0.15, 0.2) is 85.5 Å². The van der Waals surface area contributed by atoms with E-state index in [1.54, 1.807) is 26.0 Å². The Hall–Kier alpha value is -4.51. The van der Waals surface area contributed by atoms with Crippen molar-refractivity contribution in [2.75, 3.05) is 12.8 Å². The lowest BCUT2D eigenvalue weighted by atomic mass is 9.98. The molecule has 0 aliphatic carbocycles. The number of hydrogen-bond donors (Lipinski definition) is 6. The second-order valence-corrected chi connectivity index (χ2v) is 15.6. The Morgan fingerprint density at radius 1 is 0.882 bits per heavy atom. The molecular weight excluding hydrogens is 671 g/mol. The summed E-state index contributed by atoms with van der Waals surface area (Å²) < 4.78 is 19.0. The fraction of sp³-hybridized carbons (Fsp3) is 0.421. The number of ether oxygens (including phenoxy) is 1. The fourth-order valence-electron chi connectivity index (χ4n) is 5.54. The number of fused-ring (bicyclic) bond motifs is 1. The third kappa shape index (κ3) is 12.6. The van der Waals surface area contributed by atoms with E-state index in [-0.39, 0.29) is 37.9 Å². The molecule has 0 spiro atoms. The van der Waals surface area contributed by atoms with Crippen LogP contribution in [-0.2, 0) is 36.7 Å². The molecule has 0 aromatic heterocycles. The van der Waals surface area contributed by atoms with Gasteiger partial charge in [0.25, 0.3) is 0 Å². The molecule has 4 amide bonds. The van der Waals surface area contributed by atoms with Gasteiger partial charge < -0.3 is 36.0 Å². The van der Waals surface area contributed by atoms with Crippen LogP contribution in [0.5, 0.6) is 0 Å². The van der Waals surface area contributed by atoms with E-state index in [9.17, 15) is 33.7 Å². The average molecular weight is 723 g/mol. The topological polar surface area (TPSA) is 183 Å². The van der Waals surface area contributed by atoms with Gasteiger partial charge in [0.15, 0.2) is 0 Å². The molecule has 0 heterocycles. The molecule has 0 saturated carbocycles. The number of carbonyl (C=O) groups is 4. The van der Waals surface area contributed by atoms with Crippen molar-refractivity contribution in [1.29, 1.82) is 0 Å². The fourth-order valence-corrected chi connectivity index (χ4v) is 7.34. The Morgan fingerprint density at radius 3 is 2.20 bits per heavy atom. The second-order valence-electron chi connectivity index (χ2n) is 13.1. The molecule has 0 fully saturated rings. The maximum atomic E-state index is 13.8. The van der Waals surface area contributed by atoms with Crippen molar-refractivity contribution in [3.63, 3.8) is 0 Å². The molecule has 0 aliphatic rings. The van der Waals surface area contributed by atoms with Crippen molar-refractivity contribution < 1.29 is 38.5 Å². The summed E-state index contributed by atoms with van der Waals surface area (Å²) in [4.78, 5) is 64.2. The lowest BCUT2D eigenvalue weighted by Gasteiger charge is -2.28. The van der Waals surface area contributed by atoms with Gasteiger partial charge in [0, 0.05) is 6.42 Å². The quantitative estimate of drug-likeness (QED) is 0.0765. The first-order chi connectivity index (χ1) is 24.3. The van der Waals surface area contributed by atoms with Crippen molar-refractivity contribution in [1.82, 2.24) is 21.3 Å². The molecule has 12 nitrogen and oxygen atoms in total. The van der Waals surface area contributed by atoms with Gasteiger partial charge in [-0.2, -0.15) is 0 Å². The zero-order valence-corrected chi connectivity index (χ0v) is 30.6. The van der Waals surface area contributed by atoms with Crippen molar-refractivity contribution in [2.24, 2.45) is 11.8 Å². The minimum atomic E-state index is -4.34. The third-order valence-corrected chi connectivity index (χ3v) is 10.7. The number of aliphatic hydroxyl groups is 1. The maximum absolute atomic E-state index is 13.8. The average Bonchev–Trinajstić information content (AvgIpc) is 3.11. The predicted molar refractivity (Wildman–Crippen MR) is 198 cm³/mol. The number of nitrogens with one attached hydrogen (secondary N) is 4. The van der Waals surface area contributed by atoms with Gasteiger partial charge in [0.05, 0.1) is 12.6 Å². The van der Waals surface area contributed by atoms with Crippen molar-refractivity contribution >= 4 is 42.0 Å². The smallest absolute Gasteiger partial charge is 0.408 e. The highest BCUT2D eigenvalue weighted by Crippen LogP contribution is 2.47. The van der Waals surface area contributed by atoms with Gasteiger partial charge in [-0.3, -0.25) is 18.9 Å². The summed E-state index contributed by atoms with van der Waals surface area (Å²) in [6, 6.07) is 19.1. The zero-order chi connectivity index (χ0) is 37.6. The summed E-state index contributed by atoms with van der Waals surface area (Å²) in [7, 11) is -4.34. The number of hydrogen-bond acceptors (Lipinski definition) is 7. The molecule has 13 heteroatoms. The molecule has 6 atom stereocenters. The zero-order valence-electron chi connectivity index (χ0n) is 29.7. The van der Waals surface area contributed by atoms with Crippen molar-refractivity contribution in [3.05, 3.63) is 96.6 Å². The molecule has 3 rings (SSSR count). The van der Waals surface area contributed by atoms with Gasteiger partial charge in [-0.15, -0.1) is 6.58 Å². The number of alkyl carbamates (subject to hydrolysis) is 1. The van der Waals surface area contributed by atoms with E-state index in [4.69, 9.17) is 4.74 Å². The molecule has 3 unspecified atom stereocenters. The van der Waals surface area contributed by atoms with E-state index >= 15 is 0 Å². The van der Waals surface area contributed by atoms with E-state index in [0.717, 1.165) is 21.9 Å². The van der Waals surface area contributed by atoms with Crippen molar-refractivity contribution in [2.45, 2.75) is 77.5 Å². The standard InChI is InChI=1S/C38H51N4O8P/c1-6-26(5)33(22-43)39-34(44)24-51(48,49)35(20-25(3)4)42-36(45)31(7-2)40-37(46)32(41-38(47)50-23-27-14-9-8-10-15-27)21-29-18-13-17-28-16-11-12-19-30(28)29/h7-19,25-26,31-33,35,43H,2,6,20-24H2,1,3-5H3,(H,39,44)(H,40,46)(H,41,47)(H,42,45)(H,48,49)/t26?,31-,32-,33+,35?/m0/s1. The Labute approximate surface area is 299 Å². The summed E-state index contributed by atoms with van der Waals surface area (Å²) in [6.07, 6.45) is 0.364. The second kappa shape index (κ2) is 19.8. The van der Waals surface area contributed by atoms with Crippen LogP contribution in [0.1, 0.15) is 51.7 Å². The Kier molecular flexibility index (Phi) is 15.9. The number of amides is 4. The van der Waals surface area contributed by atoms with Gasteiger partial charge in [-0.05, 0) is 40.2 Å². The molecule has 0 bridgehead atoms. The Bertz CT molecular complexity index is 1680. The summed E-state index contributed by atoms with van der Waals surface area (Å²) in [5.41, 5.74) is 1.52. The number of aliphatic hydroxyl groups excluding tert-OH is 1. The van der Waals surface area contributed by atoms with Crippen LogP contribution in [0, 0.1) is 11.8 Å². The van der Waals surface area contributed by atoms with Crippen LogP contribution < -0.4 is 21.3 Å². The van der Waals surface area contributed by atoms with Crippen LogP contribution in [0.2, 0.25) is 0 Å². The molecule has 276 valence electrons. The van der Waals surface area contributed by atoms with Crippen LogP contribution in [0.3, 0.4) is 0 Å². The molecule has 51 heavy (non-hydrogen) atoms. The molecule has 3 aromatic carbocycles. The van der Waals surface area contributed by atoms with E-state index < -0.39 is 61.3 Å². The Morgan fingerprint density at radius 2 is 1.55 bits per heavy atom. The molecule has 0 radical (unpaired) electrons. The molecule has 6 N–H and O–H groups in total. The first kappa shape index (κ1) is 40.9. The highest BCUT2D eigenvalue weighted by Gasteiger charge is 2.37. The van der Waals surface area contributed by atoms with E-state index in [1.807, 2.05) is 74.5 Å². The van der Waals surface area contributed by atoms with Crippen LogP contribution in [0.25, 0.3) is 10.8 Å². The number of carbonyl (C=O) groups excluding carboxylic acids is 4. The van der Waals surface area contributed by atoms with Gasteiger partial charge >= 0.3 is 6.09 Å². The normalized spacial score (nSPS) is 15.4. The molecule has 0 aliphatic heterocycles. The van der Waals surface area contributed by atoms with E-state index in [0.29, 0.717) is 6.42 Å². The lowest BCUT2D eigenvalue weighted by Crippen LogP contribution is -2.55. The van der Waals surface area contributed by atoms with Gasteiger partial charge in [-0.1, -0.05) is 113 Å². The maximum Gasteiger partial charge on any atom is 0.408 e. The summed E-state index contributed by atoms with van der Waals surface area (Å²) in [5.74, 6) is -3.78. The minimum absolute atomic E-state index is 0.0261. The lowest BCUT2D eigenvalue weighted by molar-refractivity contribution is -0.129. The van der Waals surface area contributed by atoms with Crippen LogP contribution in [-0.4, -0.2) is 70.5 Å². The van der Waals surface area contributed by atoms with Crippen LogP contribution in [0.4, 0.5) is 4.79 Å². The van der Waals surface area contributed by atoms with Gasteiger partial charge in [0.1, 0.15) is 30.6 Å². The van der Waals surface area contributed by atoms with Gasteiger partial charge in [-0.25, -0.2) is 4.79 Å². The third-order valence-electron chi connectivity index (χ3n) is 8.68. The highest BCUT2D eigenvalue weighted by atomic mass is 31.2. The molecule has 3 aromatic rings. The largest absolute Gasteiger partial charge is 0.445 e. The minimum Gasteiger partial charge on any atom is -0.445 e. The predicted octanol–water partition coefficient (Wildman–Crippen LogP) is 4.63. The summed E-state index contributed by atoms with van der Waals surface area (Å²) in [6.45, 7) is 10.7. The summed E-state index contributed by atoms with van der Waals surface area (Å²) >= 11 is 0. The number of benzene rings is 3. The van der Waals surface area contributed by atoms with E-state index in [1.165, 1.54) is 6.08 Å². The first-order valence-corrected chi connectivity index (χ1v) is 19.1. The monoisotopic (exact) mass is 722 g/mol. The highest BCUT2D eigenvalue weighted by molar-refractivity contribution is 7.59. The molecule has 0 saturated heterocycles. The Balaban J connectivity index is 1.79. The first-order valence-electron chi connectivity index (χ1n) is 17.2. The molecular formula is C38H51N4O8P. The van der Waals surface area contributed by atoms with Crippen LogP contribution >= 0.6 is 7.37 Å². The van der Waals surface area contributed by atoms with Gasteiger partial charge in [0.2, 0.25) is 25.1 Å². The summed E-state index contributed by atoms with van der Waals surface area (Å²) in [5, 5.41) is 21.9. The number of rotatable bonds is 19. The SMILES string of the molecule is C=C[C@H](NC(=O)[C@H](Cc1cccc2ccccc12)NC(=O)OCc1ccccc1)C(=O)NC(CC(C)C)P(=O)(O)CC(=O)N[C@H](CO)C(C)CC.